The van der Waals surface area contributed by atoms with Gasteiger partial charge in [-0.2, -0.15) is 5.10 Å². The van der Waals surface area contributed by atoms with Crippen LogP contribution in [0.1, 0.15) is 24.4 Å². The summed E-state index contributed by atoms with van der Waals surface area (Å²) in [4.78, 5) is 4.11. The van der Waals surface area contributed by atoms with Crippen LogP contribution in [0.2, 0.25) is 0 Å². The van der Waals surface area contributed by atoms with E-state index in [9.17, 15) is 10.2 Å². The van der Waals surface area contributed by atoms with Gasteiger partial charge in [-0.3, -0.25) is 4.68 Å². The summed E-state index contributed by atoms with van der Waals surface area (Å²) in [7, 11) is 1.81. The molecule has 96 valence electrons. The Hall–Kier alpha value is -2.08. The van der Waals surface area contributed by atoms with Crippen molar-refractivity contribution in [3.63, 3.8) is 0 Å². The molecule has 0 radical (unpaired) electrons. The van der Waals surface area contributed by atoms with Crippen molar-refractivity contribution in [2.75, 3.05) is 0 Å². The zero-order valence-electron chi connectivity index (χ0n) is 10.3. The van der Waals surface area contributed by atoms with Crippen molar-refractivity contribution in [1.29, 1.82) is 0 Å². The molecule has 0 aliphatic heterocycles. The predicted molar refractivity (Wildman–Crippen MR) is 66.0 cm³/mol. The molecule has 18 heavy (non-hydrogen) atoms. The lowest BCUT2D eigenvalue weighted by molar-refractivity contribution is 0.445. The Labute approximate surface area is 105 Å². The topological polar surface area (TPSA) is 83.2 Å². The lowest BCUT2D eigenvalue weighted by Crippen LogP contribution is -2.19. The van der Waals surface area contributed by atoms with Crippen LogP contribution in [0.15, 0.2) is 24.5 Å². The first-order chi connectivity index (χ1) is 8.54. The number of phenols is 2. The van der Waals surface area contributed by atoms with E-state index in [0.29, 0.717) is 12.4 Å². The van der Waals surface area contributed by atoms with Gasteiger partial charge in [-0.1, -0.05) is 0 Å². The van der Waals surface area contributed by atoms with Gasteiger partial charge in [0.2, 0.25) is 0 Å². The summed E-state index contributed by atoms with van der Waals surface area (Å²) in [5.74, 6) is 0.804. The fourth-order valence-electron chi connectivity index (χ4n) is 1.70. The van der Waals surface area contributed by atoms with Crippen LogP contribution in [0, 0.1) is 0 Å². The highest BCUT2D eigenvalue weighted by Crippen LogP contribution is 2.24. The van der Waals surface area contributed by atoms with E-state index < -0.39 is 0 Å². The third kappa shape index (κ3) is 2.98. The van der Waals surface area contributed by atoms with Crippen molar-refractivity contribution in [3.8, 4) is 11.5 Å². The first-order valence-electron chi connectivity index (χ1n) is 5.65. The van der Waals surface area contributed by atoms with Crippen LogP contribution in [0.4, 0.5) is 0 Å². The van der Waals surface area contributed by atoms with E-state index in [-0.39, 0.29) is 17.5 Å². The Kier molecular flexibility index (Phi) is 3.47. The number of aryl methyl sites for hydroxylation is 1. The monoisotopic (exact) mass is 248 g/mol. The molecule has 0 spiro atoms. The molecule has 0 aliphatic rings. The molecule has 0 saturated carbocycles. The maximum Gasteiger partial charge on any atom is 0.164 e. The molecule has 0 aliphatic carbocycles. The zero-order chi connectivity index (χ0) is 13.1. The Morgan fingerprint density at radius 1 is 1.28 bits per heavy atom. The average Bonchev–Trinajstić information content (AvgIpc) is 2.70. The molecule has 1 heterocycles. The van der Waals surface area contributed by atoms with Gasteiger partial charge in [-0.05, 0) is 24.6 Å². The smallest absolute Gasteiger partial charge is 0.164 e. The highest BCUT2D eigenvalue weighted by atomic mass is 16.3. The Morgan fingerprint density at radius 3 is 2.50 bits per heavy atom. The van der Waals surface area contributed by atoms with Crippen molar-refractivity contribution in [1.82, 2.24) is 20.1 Å². The third-order valence-electron chi connectivity index (χ3n) is 2.64. The van der Waals surface area contributed by atoms with Crippen LogP contribution in [-0.4, -0.2) is 25.0 Å². The molecule has 0 saturated heterocycles. The lowest BCUT2D eigenvalue weighted by Gasteiger charge is -2.13. The van der Waals surface area contributed by atoms with Gasteiger partial charge in [0.15, 0.2) is 5.82 Å². The van der Waals surface area contributed by atoms with Gasteiger partial charge in [-0.25, -0.2) is 4.98 Å². The molecule has 1 aromatic carbocycles. The normalized spacial score (nSPS) is 12.6. The first kappa shape index (κ1) is 12.4. The van der Waals surface area contributed by atoms with Gasteiger partial charge < -0.3 is 15.5 Å². The van der Waals surface area contributed by atoms with Gasteiger partial charge >= 0.3 is 0 Å². The van der Waals surface area contributed by atoms with Crippen LogP contribution < -0.4 is 5.32 Å². The van der Waals surface area contributed by atoms with E-state index >= 15 is 0 Å². The molecule has 3 N–H and O–H groups in total. The second kappa shape index (κ2) is 5.05. The minimum atomic E-state index is -0.0215. The van der Waals surface area contributed by atoms with Crippen molar-refractivity contribution >= 4 is 0 Å². The van der Waals surface area contributed by atoms with E-state index in [1.54, 1.807) is 23.1 Å². The summed E-state index contributed by atoms with van der Waals surface area (Å²) in [5.41, 5.74) is 0.809. The summed E-state index contributed by atoms with van der Waals surface area (Å²) in [6.45, 7) is 2.47. The maximum absolute atomic E-state index is 9.42. The molecule has 1 aromatic heterocycles. The Morgan fingerprint density at radius 2 is 1.94 bits per heavy atom. The molecule has 1 atom stereocenters. The minimum absolute atomic E-state index is 0.0215. The summed E-state index contributed by atoms with van der Waals surface area (Å²) in [5, 5.41) is 26.2. The molecule has 6 heteroatoms. The number of nitrogens with zero attached hydrogens (tertiary/aromatic N) is 3. The molecule has 1 unspecified atom stereocenters. The second-order valence-electron chi connectivity index (χ2n) is 4.22. The van der Waals surface area contributed by atoms with E-state index in [1.165, 1.54) is 6.07 Å². The highest BCUT2D eigenvalue weighted by Gasteiger charge is 2.08. The lowest BCUT2D eigenvalue weighted by atomic mass is 10.1. The van der Waals surface area contributed by atoms with Gasteiger partial charge in [0, 0.05) is 19.2 Å². The first-order valence-corrected chi connectivity index (χ1v) is 5.65. The number of aromatic nitrogens is 3. The van der Waals surface area contributed by atoms with Crippen LogP contribution in [0.3, 0.4) is 0 Å². The fraction of sp³-hybridized carbons (Fsp3) is 0.333. The molecule has 0 amide bonds. The average molecular weight is 248 g/mol. The minimum Gasteiger partial charge on any atom is -0.508 e. The van der Waals surface area contributed by atoms with E-state index in [4.69, 9.17) is 0 Å². The Balaban J connectivity index is 2.01. The van der Waals surface area contributed by atoms with Crippen LogP contribution in [0.25, 0.3) is 0 Å². The third-order valence-corrected chi connectivity index (χ3v) is 2.64. The predicted octanol–water partition coefficient (Wildman–Crippen LogP) is 1.08. The van der Waals surface area contributed by atoms with Gasteiger partial charge in [0.05, 0.1) is 6.54 Å². The summed E-state index contributed by atoms with van der Waals surface area (Å²) in [6, 6.07) is 4.51. The quantitative estimate of drug-likeness (QED) is 0.754. The number of benzene rings is 1. The van der Waals surface area contributed by atoms with Crippen LogP contribution in [-0.2, 0) is 13.6 Å². The van der Waals surface area contributed by atoms with E-state index in [2.05, 4.69) is 15.4 Å². The summed E-state index contributed by atoms with van der Waals surface area (Å²) >= 11 is 0. The molecule has 2 aromatic rings. The zero-order valence-corrected chi connectivity index (χ0v) is 10.3. The summed E-state index contributed by atoms with van der Waals surface area (Å²) < 4.78 is 1.64. The van der Waals surface area contributed by atoms with Crippen molar-refractivity contribution < 1.29 is 10.2 Å². The number of rotatable bonds is 4. The largest absolute Gasteiger partial charge is 0.508 e. The molecule has 2 rings (SSSR count). The number of nitrogens with one attached hydrogen (secondary N) is 1. The molecular formula is C12H16N4O2. The highest BCUT2D eigenvalue weighted by molar-refractivity contribution is 5.37. The molecule has 6 nitrogen and oxygen atoms in total. The van der Waals surface area contributed by atoms with Crippen molar-refractivity contribution in [3.05, 3.63) is 35.9 Å². The van der Waals surface area contributed by atoms with E-state index in [0.717, 1.165) is 5.56 Å². The van der Waals surface area contributed by atoms with Gasteiger partial charge in [0.1, 0.15) is 17.8 Å². The SMILES string of the molecule is CC(NCc1ncn(C)n1)c1cc(O)cc(O)c1. The Bertz CT molecular complexity index is 518. The number of phenolic OH excluding ortho intramolecular Hbond substituents is 2. The second-order valence-corrected chi connectivity index (χ2v) is 4.22. The van der Waals surface area contributed by atoms with Gasteiger partial charge in [-0.15, -0.1) is 0 Å². The van der Waals surface area contributed by atoms with Crippen LogP contribution in [0.5, 0.6) is 11.5 Å². The molecular weight excluding hydrogens is 232 g/mol. The van der Waals surface area contributed by atoms with Crippen molar-refractivity contribution in [2.45, 2.75) is 19.5 Å². The van der Waals surface area contributed by atoms with Gasteiger partial charge in [0.25, 0.3) is 0 Å². The standard InChI is InChI=1S/C12H16N4O2/c1-8(9-3-10(17)5-11(18)4-9)13-6-12-14-7-16(2)15-12/h3-5,7-8,13,17-18H,6H2,1-2H3. The maximum atomic E-state index is 9.42. The number of hydrogen-bond donors (Lipinski definition) is 3. The van der Waals surface area contributed by atoms with E-state index in [1.807, 2.05) is 14.0 Å². The molecule has 0 fully saturated rings. The number of aromatic hydroxyl groups is 2. The van der Waals surface area contributed by atoms with Crippen LogP contribution >= 0.6 is 0 Å². The summed E-state index contributed by atoms with van der Waals surface area (Å²) in [6.07, 6.45) is 1.64. The molecule has 0 bridgehead atoms. The fourth-order valence-corrected chi connectivity index (χ4v) is 1.70. The van der Waals surface area contributed by atoms with Crippen molar-refractivity contribution in [2.24, 2.45) is 7.05 Å². The number of hydrogen-bond acceptors (Lipinski definition) is 5.